The van der Waals surface area contributed by atoms with Crippen LogP contribution in [0, 0.1) is 17.2 Å². The molecule has 0 aromatic rings. The van der Waals surface area contributed by atoms with Crippen molar-refractivity contribution < 1.29 is 4.74 Å². The van der Waals surface area contributed by atoms with Gasteiger partial charge < -0.3 is 10.1 Å². The summed E-state index contributed by atoms with van der Waals surface area (Å²) in [4.78, 5) is 2.31. The van der Waals surface area contributed by atoms with Gasteiger partial charge >= 0.3 is 0 Å². The van der Waals surface area contributed by atoms with E-state index in [1.54, 1.807) is 7.11 Å². The van der Waals surface area contributed by atoms with Gasteiger partial charge in [-0.15, -0.1) is 0 Å². The zero-order chi connectivity index (χ0) is 12.2. The van der Waals surface area contributed by atoms with E-state index in [1.807, 2.05) is 14.0 Å². The van der Waals surface area contributed by atoms with Crippen molar-refractivity contribution in [2.45, 2.75) is 31.9 Å². The third-order valence-corrected chi connectivity index (χ3v) is 3.61. The highest BCUT2D eigenvalue weighted by molar-refractivity contribution is 5.05. The van der Waals surface area contributed by atoms with Crippen molar-refractivity contribution in [3.8, 4) is 6.07 Å². The van der Waals surface area contributed by atoms with Crippen molar-refractivity contribution >= 4 is 0 Å². The van der Waals surface area contributed by atoms with Gasteiger partial charge in [0, 0.05) is 20.2 Å². The van der Waals surface area contributed by atoms with Gasteiger partial charge in [0.25, 0.3) is 0 Å². The monoisotopic (exact) mass is 225 g/mol. The number of methoxy groups -OCH3 is 1. The van der Waals surface area contributed by atoms with Crippen molar-refractivity contribution in [3.05, 3.63) is 0 Å². The van der Waals surface area contributed by atoms with Crippen molar-refractivity contribution in [3.63, 3.8) is 0 Å². The number of nitrogens with one attached hydrogen (secondary N) is 1. The quantitative estimate of drug-likeness (QED) is 0.770. The average Bonchev–Trinajstić information content (AvgIpc) is 2.31. The summed E-state index contributed by atoms with van der Waals surface area (Å²) in [6.07, 6.45) is 1.44. The number of nitrogens with zero attached hydrogens (tertiary/aromatic N) is 2. The van der Waals surface area contributed by atoms with Gasteiger partial charge in [-0.1, -0.05) is 6.92 Å². The Morgan fingerprint density at radius 3 is 2.81 bits per heavy atom. The Balaban J connectivity index is 2.54. The van der Waals surface area contributed by atoms with E-state index >= 15 is 0 Å². The summed E-state index contributed by atoms with van der Waals surface area (Å²) < 4.78 is 5.47. The third-order valence-electron chi connectivity index (χ3n) is 3.61. The molecule has 0 radical (unpaired) electrons. The zero-order valence-corrected chi connectivity index (χ0v) is 10.8. The molecule has 1 N–H and O–H groups in total. The molecule has 0 aromatic heterocycles. The molecule has 0 aromatic carbocycles. The topological polar surface area (TPSA) is 48.3 Å². The number of rotatable bonds is 4. The van der Waals surface area contributed by atoms with E-state index in [1.165, 1.54) is 0 Å². The van der Waals surface area contributed by atoms with E-state index in [2.05, 4.69) is 23.2 Å². The molecule has 0 aliphatic carbocycles. The molecule has 0 amide bonds. The van der Waals surface area contributed by atoms with E-state index in [0.29, 0.717) is 12.0 Å². The second-order valence-corrected chi connectivity index (χ2v) is 4.97. The van der Waals surface area contributed by atoms with Crippen molar-refractivity contribution in [2.75, 3.05) is 33.8 Å². The minimum atomic E-state index is -0.459. The van der Waals surface area contributed by atoms with Crippen LogP contribution < -0.4 is 5.32 Å². The third kappa shape index (κ3) is 3.18. The molecule has 1 saturated heterocycles. The summed E-state index contributed by atoms with van der Waals surface area (Å²) in [5, 5.41) is 12.2. The molecule has 1 aliphatic heterocycles. The summed E-state index contributed by atoms with van der Waals surface area (Å²) in [7, 11) is 3.61. The Hall–Kier alpha value is -0.630. The molecule has 16 heavy (non-hydrogen) atoms. The molecule has 92 valence electrons. The molecule has 1 aliphatic rings. The normalized spacial score (nSPS) is 30.7. The second kappa shape index (κ2) is 5.62. The molecule has 0 bridgehead atoms. The van der Waals surface area contributed by atoms with Gasteiger partial charge in [0.2, 0.25) is 0 Å². The second-order valence-electron chi connectivity index (χ2n) is 4.97. The molecule has 1 rings (SSSR count). The lowest BCUT2D eigenvalue weighted by atomic mass is 9.94. The van der Waals surface area contributed by atoms with Gasteiger partial charge in [0.1, 0.15) is 5.54 Å². The van der Waals surface area contributed by atoms with Crippen LogP contribution in [0.5, 0.6) is 0 Å². The number of nitriles is 1. The Labute approximate surface area is 98.6 Å². The number of hydrogen-bond donors (Lipinski definition) is 1. The van der Waals surface area contributed by atoms with Crippen LogP contribution in [0.3, 0.4) is 0 Å². The maximum atomic E-state index is 9.12. The van der Waals surface area contributed by atoms with Gasteiger partial charge in [0.15, 0.2) is 0 Å². The zero-order valence-electron chi connectivity index (χ0n) is 10.8. The largest absolute Gasteiger partial charge is 0.380 e. The fraction of sp³-hybridized carbons (Fsp3) is 0.917. The summed E-state index contributed by atoms with van der Waals surface area (Å²) in [5.41, 5.74) is -0.459. The predicted octanol–water partition coefficient (Wildman–Crippen LogP) is 0.845. The smallest absolute Gasteiger partial charge is 0.116 e. The molecule has 1 fully saturated rings. The van der Waals surface area contributed by atoms with Gasteiger partial charge in [-0.2, -0.15) is 5.26 Å². The van der Waals surface area contributed by atoms with Crippen molar-refractivity contribution in [2.24, 2.45) is 5.92 Å². The van der Waals surface area contributed by atoms with Crippen LogP contribution in [0.15, 0.2) is 0 Å². The van der Waals surface area contributed by atoms with E-state index in [0.717, 1.165) is 26.1 Å². The molecule has 0 saturated carbocycles. The van der Waals surface area contributed by atoms with Crippen LogP contribution >= 0.6 is 0 Å². The van der Waals surface area contributed by atoms with E-state index in [9.17, 15) is 0 Å². The predicted molar refractivity (Wildman–Crippen MR) is 64.1 cm³/mol. The molecule has 1 heterocycles. The first-order valence-electron chi connectivity index (χ1n) is 5.90. The SMILES string of the molecule is CNC(C)(C#N)CN1CCC(C)C(OC)C1. The van der Waals surface area contributed by atoms with E-state index < -0.39 is 5.54 Å². The van der Waals surface area contributed by atoms with Crippen molar-refractivity contribution in [1.29, 1.82) is 5.26 Å². The highest BCUT2D eigenvalue weighted by Crippen LogP contribution is 2.20. The molecule has 3 atom stereocenters. The van der Waals surface area contributed by atoms with Gasteiger partial charge in [0.05, 0.1) is 12.2 Å². The lowest BCUT2D eigenvalue weighted by molar-refractivity contribution is -0.00921. The Morgan fingerprint density at radius 2 is 2.31 bits per heavy atom. The van der Waals surface area contributed by atoms with E-state index in [-0.39, 0.29) is 0 Å². The van der Waals surface area contributed by atoms with Crippen LogP contribution in [0.2, 0.25) is 0 Å². The standard InChI is InChI=1S/C12H23N3O/c1-10-5-6-15(7-11(10)16-4)9-12(2,8-13)14-3/h10-11,14H,5-7,9H2,1-4H3. The fourth-order valence-corrected chi connectivity index (χ4v) is 2.17. The maximum Gasteiger partial charge on any atom is 0.116 e. The molecule has 4 nitrogen and oxygen atoms in total. The first-order chi connectivity index (χ1) is 7.54. The lowest BCUT2D eigenvalue weighted by Crippen LogP contribution is -2.53. The van der Waals surface area contributed by atoms with Crippen LogP contribution in [0.25, 0.3) is 0 Å². The maximum absolute atomic E-state index is 9.12. The molecule has 0 spiro atoms. The van der Waals surface area contributed by atoms with Crippen LogP contribution in [0.1, 0.15) is 20.3 Å². The summed E-state index contributed by atoms with van der Waals surface area (Å²) in [6, 6.07) is 2.33. The highest BCUT2D eigenvalue weighted by atomic mass is 16.5. The summed E-state index contributed by atoms with van der Waals surface area (Å²) in [6.45, 7) is 6.91. The van der Waals surface area contributed by atoms with E-state index in [4.69, 9.17) is 10.00 Å². The fourth-order valence-electron chi connectivity index (χ4n) is 2.17. The Bertz CT molecular complexity index is 263. The summed E-state index contributed by atoms with van der Waals surface area (Å²) >= 11 is 0. The van der Waals surface area contributed by atoms with Crippen LogP contribution in [-0.4, -0.2) is 50.3 Å². The Kier molecular flexibility index (Phi) is 4.72. The number of ether oxygens (including phenoxy) is 1. The lowest BCUT2D eigenvalue weighted by Gasteiger charge is -2.39. The number of likely N-dealkylation sites (N-methyl/N-ethyl adjacent to an activating group) is 1. The van der Waals surface area contributed by atoms with Crippen LogP contribution in [-0.2, 0) is 4.74 Å². The molecular formula is C12H23N3O. The number of piperidine rings is 1. The highest BCUT2D eigenvalue weighted by Gasteiger charge is 2.31. The van der Waals surface area contributed by atoms with Gasteiger partial charge in [-0.3, -0.25) is 4.90 Å². The minimum Gasteiger partial charge on any atom is -0.380 e. The molecular weight excluding hydrogens is 202 g/mol. The first-order valence-corrected chi connectivity index (χ1v) is 5.90. The van der Waals surface area contributed by atoms with Crippen LogP contribution in [0.4, 0.5) is 0 Å². The average molecular weight is 225 g/mol. The molecule has 4 heteroatoms. The first kappa shape index (κ1) is 13.4. The molecule has 3 unspecified atom stereocenters. The van der Waals surface area contributed by atoms with Gasteiger partial charge in [-0.25, -0.2) is 0 Å². The minimum absolute atomic E-state index is 0.300. The number of hydrogen-bond acceptors (Lipinski definition) is 4. The number of likely N-dealkylation sites (tertiary alicyclic amines) is 1. The Morgan fingerprint density at radius 1 is 1.62 bits per heavy atom. The van der Waals surface area contributed by atoms with Gasteiger partial charge in [-0.05, 0) is 32.9 Å². The van der Waals surface area contributed by atoms with Crippen molar-refractivity contribution in [1.82, 2.24) is 10.2 Å². The summed E-state index contributed by atoms with van der Waals surface area (Å²) in [5.74, 6) is 0.615.